The minimum absolute atomic E-state index is 0.0622. The number of hydrogen-bond donors (Lipinski definition) is 1. The molecule has 4 rings (SSSR count). The van der Waals surface area contributed by atoms with Crippen LogP contribution in [0.5, 0.6) is 0 Å². The van der Waals surface area contributed by atoms with Crippen LogP contribution in [0.1, 0.15) is 25.3 Å². The highest BCUT2D eigenvalue weighted by atomic mass is 32.2. The maximum absolute atomic E-state index is 12.8. The summed E-state index contributed by atoms with van der Waals surface area (Å²) in [6.45, 7) is 1.27. The van der Waals surface area contributed by atoms with Gasteiger partial charge in [0.1, 0.15) is 18.1 Å². The molecule has 1 N–H and O–H groups in total. The zero-order valence-electron chi connectivity index (χ0n) is 16.8. The second-order valence-electron chi connectivity index (χ2n) is 7.10. The molecule has 0 aliphatic carbocycles. The number of ether oxygens (including phenoxy) is 1. The standard InChI is InChI=1S/C20H17N5O6S/c1-11(26)22-16-6-7-21-20(23-16)32-15-8-14-9-17(27)24(14)18(15)19(28)31-10-12-2-4-13(5-3-12)25(29)30/h2-7,14H,8-10H2,1H3,(H,21,22,23,26). The number of β-lactam (4-membered cyclic amide) rings is 1. The van der Waals surface area contributed by atoms with Crippen molar-refractivity contribution in [1.82, 2.24) is 14.9 Å². The van der Waals surface area contributed by atoms with E-state index in [1.54, 1.807) is 6.07 Å². The van der Waals surface area contributed by atoms with E-state index in [1.165, 1.54) is 42.3 Å². The lowest BCUT2D eigenvalue weighted by Crippen LogP contribution is -2.49. The van der Waals surface area contributed by atoms with E-state index in [9.17, 15) is 24.5 Å². The lowest BCUT2D eigenvalue weighted by Gasteiger charge is -2.35. The number of non-ortho nitro benzene ring substituents is 1. The van der Waals surface area contributed by atoms with E-state index in [2.05, 4.69) is 15.3 Å². The third-order valence-electron chi connectivity index (χ3n) is 4.83. The van der Waals surface area contributed by atoms with Gasteiger partial charge in [-0.15, -0.1) is 0 Å². The normalized spacial score (nSPS) is 17.0. The molecule has 0 spiro atoms. The topological polar surface area (TPSA) is 145 Å². The molecule has 32 heavy (non-hydrogen) atoms. The van der Waals surface area contributed by atoms with Crippen LogP contribution >= 0.6 is 11.8 Å². The molecule has 1 fully saturated rings. The van der Waals surface area contributed by atoms with Gasteiger partial charge < -0.3 is 15.0 Å². The summed E-state index contributed by atoms with van der Waals surface area (Å²) < 4.78 is 5.39. The Labute approximate surface area is 186 Å². The van der Waals surface area contributed by atoms with E-state index in [1.807, 2.05) is 0 Å². The van der Waals surface area contributed by atoms with E-state index < -0.39 is 10.9 Å². The van der Waals surface area contributed by atoms with Crippen LogP contribution in [0.15, 0.2) is 52.3 Å². The Morgan fingerprint density at radius 3 is 2.69 bits per heavy atom. The minimum Gasteiger partial charge on any atom is -0.456 e. The molecule has 12 heteroatoms. The van der Waals surface area contributed by atoms with Crippen LogP contribution in [0.3, 0.4) is 0 Å². The van der Waals surface area contributed by atoms with Gasteiger partial charge in [-0.25, -0.2) is 14.8 Å². The van der Waals surface area contributed by atoms with E-state index in [4.69, 9.17) is 4.74 Å². The fourth-order valence-corrected chi connectivity index (χ4v) is 4.41. The van der Waals surface area contributed by atoms with Crippen LogP contribution in [0.2, 0.25) is 0 Å². The van der Waals surface area contributed by atoms with Crippen LogP contribution in [0, 0.1) is 10.1 Å². The monoisotopic (exact) mass is 455 g/mol. The van der Waals surface area contributed by atoms with Crippen LogP contribution in [-0.2, 0) is 25.7 Å². The molecule has 1 aromatic heterocycles. The van der Waals surface area contributed by atoms with Gasteiger partial charge in [0.15, 0.2) is 5.16 Å². The van der Waals surface area contributed by atoms with Gasteiger partial charge in [-0.1, -0.05) is 11.8 Å². The van der Waals surface area contributed by atoms with Gasteiger partial charge in [0.25, 0.3) is 5.69 Å². The summed E-state index contributed by atoms with van der Waals surface area (Å²) in [6, 6.07) is 7.10. The largest absolute Gasteiger partial charge is 0.456 e. The molecule has 3 heterocycles. The number of fused-ring (bicyclic) bond motifs is 1. The molecule has 1 aromatic carbocycles. The highest BCUT2D eigenvalue weighted by Gasteiger charge is 2.48. The molecule has 0 bridgehead atoms. The maximum Gasteiger partial charge on any atom is 0.356 e. The Hall–Kier alpha value is -3.80. The molecule has 2 aromatic rings. The number of nitro groups is 1. The van der Waals surface area contributed by atoms with Crippen molar-refractivity contribution in [2.45, 2.75) is 37.6 Å². The van der Waals surface area contributed by atoms with E-state index in [-0.39, 0.29) is 35.8 Å². The molecule has 164 valence electrons. The fraction of sp³-hybridized carbons (Fsp3) is 0.250. The molecule has 0 saturated carbocycles. The van der Waals surface area contributed by atoms with Gasteiger partial charge in [-0.3, -0.25) is 19.7 Å². The van der Waals surface area contributed by atoms with Crippen LogP contribution in [-0.4, -0.2) is 43.6 Å². The number of anilines is 1. The minimum atomic E-state index is -0.667. The van der Waals surface area contributed by atoms with E-state index >= 15 is 0 Å². The first-order valence-corrected chi connectivity index (χ1v) is 10.4. The molecule has 2 aliphatic rings. The smallest absolute Gasteiger partial charge is 0.356 e. The quantitative estimate of drug-likeness (QED) is 0.219. The van der Waals surface area contributed by atoms with Crippen molar-refractivity contribution in [3.63, 3.8) is 0 Å². The van der Waals surface area contributed by atoms with Crippen LogP contribution in [0.25, 0.3) is 0 Å². The first-order valence-electron chi connectivity index (χ1n) is 9.56. The second kappa shape index (κ2) is 8.75. The number of nitro benzene ring substituents is 1. The van der Waals surface area contributed by atoms with Gasteiger partial charge >= 0.3 is 5.97 Å². The van der Waals surface area contributed by atoms with Crippen LogP contribution in [0.4, 0.5) is 11.5 Å². The summed E-state index contributed by atoms with van der Waals surface area (Å²) in [5, 5.41) is 13.7. The third kappa shape index (κ3) is 4.44. The molecule has 2 amide bonds. The molecular formula is C20H17N5O6S. The fourth-order valence-electron chi connectivity index (χ4n) is 3.38. The third-order valence-corrected chi connectivity index (χ3v) is 5.82. The molecular weight excluding hydrogens is 438 g/mol. The highest BCUT2D eigenvalue weighted by molar-refractivity contribution is 8.03. The summed E-state index contributed by atoms with van der Waals surface area (Å²) in [5.41, 5.74) is 0.675. The number of nitrogens with one attached hydrogen (secondary N) is 1. The van der Waals surface area contributed by atoms with Crippen molar-refractivity contribution >= 4 is 41.1 Å². The zero-order chi connectivity index (χ0) is 22.8. The van der Waals surface area contributed by atoms with E-state index in [0.29, 0.717) is 34.3 Å². The van der Waals surface area contributed by atoms with Crippen molar-refractivity contribution in [3.8, 4) is 0 Å². The van der Waals surface area contributed by atoms with Crippen molar-refractivity contribution in [2.75, 3.05) is 5.32 Å². The number of thioether (sulfide) groups is 1. The molecule has 11 nitrogen and oxygen atoms in total. The summed E-state index contributed by atoms with van der Waals surface area (Å²) >= 11 is 1.14. The van der Waals surface area contributed by atoms with Gasteiger partial charge in [0.05, 0.1) is 11.0 Å². The Morgan fingerprint density at radius 2 is 2.03 bits per heavy atom. The first-order chi connectivity index (χ1) is 15.3. The maximum atomic E-state index is 12.8. The Balaban J connectivity index is 1.51. The van der Waals surface area contributed by atoms with Crippen LogP contribution < -0.4 is 5.32 Å². The summed E-state index contributed by atoms with van der Waals surface area (Å²) in [6.07, 6.45) is 2.31. The summed E-state index contributed by atoms with van der Waals surface area (Å²) in [4.78, 5) is 56.9. The number of aromatic nitrogens is 2. The average molecular weight is 455 g/mol. The van der Waals surface area contributed by atoms with Gasteiger partial charge in [-0.05, 0) is 23.8 Å². The molecule has 1 unspecified atom stereocenters. The van der Waals surface area contributed by atoms with E-state index in [0.717, 1.165) is 11.8 Å². The number of benzene rings is 1. The molecule has 0 radical (unpaired) electrons. The molecule has 1 saturated heterocycles. The number of hydrogen-bond acceptors (Lipinski definition) is 9. The Kier molecular flexibility index (Phi) is 5.86. The predicted molar refractivity (Wildman–Crippen MR) is 112 cm³/mol. The van der Waals surface area contributed by atoms with Gasteiger partial charge in [0, 0.05) is 43.0 Å². The molecule has 1 atom stereocenters. The van der Waals surface area contributed by atoms with Gasteiger partial charge in [0.2, 0.25) is 11.8 Å². The van der Waals surface area contributed by atoms with Crippen molar-refractivity contribution < 1.29 is 24.0 Å². The van der Waals surface area contributed by atoms with Crippen molar-refractivity contribution in [3.05, 3.63) is 62.8 Å². The zero-order valence-corrected chi connectivity index (χ0v) is 17.6. The summed E-state index contributed by atoms with van der Waals surface area (Å²) in [5.74, 6) is -0.777. The number of rotatable bonds is 7. The van der Waals surface area contributed by atoms with Crippen molar-refractivity contribution in [1.29, 1.82) is 0 Å². The SMILES string of the molecule is CC(=O)Nc1ccnc(SC2=C(C(=O)OCc3ccc([N+](=O)[O-])cc3)N3C(=O)CC3C2)n1. The number of nitrogens with zero attached hydrogens (tertiary/aromatic N) is 4. The predicted octanol–water partition coefficient (Wildman–Crippen LogP) is 2.39. The Bertz CT molecular complexity index is 1150. The van der Waals surface area contributed by atoms with Crippen molar-refractivity contribution in [2.24, 2.45) is 0 Å². The number of amides is 2. The van der Waals surface area contributed by atoms with Gasteiger partial charge in [-0.2, -0.15) is 0 Å². The second-order valence-corrected chi connectivity index (χ2v) is 8.17. The lowest BCUT2D eigenvalue weighted by atomic mass is 10.0. The summed E-state index contributed by atoms with van der Waals surface area (Å²) in [7, 11) is 0. The molecule has 2 aliphatic heterocycles. The first kappa shape index (κ1) is 21.4. The highest BCUT2D eigenvalue weighted by Crippen LogP contribution is 2.45. The lowest BCUT2D eigenvalue weighted by molar-refractivity contribution is -0.384. The Morgan fingerprint density at radius 1 is 1.28 bits per heavy atom. The number of esters is 1. The number of carbonyl (C=O) groups is 3. The number of carbonyl (C=O) groups excluding carboxylic acids is 3. The average Bonchev–Trinajstić information content (AvgIpc) is 3.04.